The van der Waals surface area contributed by atoms with E-state index in [0.717, 1.165) is 39.0 Å². The first-order chi connectivity index (χ1) is 20.8. The van der Waals surface area contributed by atoms with Crippen molar-refractivity contribution in [2.24, 2.45) is 0 Å². The Labute approximate surface area is 259 Å². The van der Waals surface area contributed by atoms with Crippen molar-refractivity contribution in [1.29, 1.82) is 0 Å². The average Bonchev–Trinajstić information content (AvgIpc) is 3.03. The van der Waals surface area contributed by atoms with Gasteiger partial charge in [0, 0.05) is 32.6 Å². The Bertz CT molecular complexity index is 867. The molecule has 1 fully saturated rings. The summed E-state index contributed by atoms with van der Waals surface area (Å²) in [5.74, 6) is 0.359. The first-order valence-corrected chi connectivity index (χ1v) is 17.9. The van der Waals surface area contributed by atoms with Crippen LogP contribution >= 0.6 is 0 Å². The van der Waals surface area contributed by atoms with Crippen molar-refractivity contribution in [1.82, 2.24) is 9.80 Å². The second-order valence-corrected chi connectivity index (χ2v) is 12.8. The van der Waals surface area contributed by atoms with Crippen LogP contribution in [0.4, 0.5) is 0 Å². The van der Waals surface area contributed by atoms with Crippen LogP contribution in [0.3, 0.4) is 0 Å². The van der Waals surface area contributed by atoms with Crippen LogP contribution in [-0.4, -0.2) is 41.9 Å². The van der Waals surface area contributed by atoms with Gasteiger partial charge in [0.2, 0.25) is 5.91 Å². The Morgan fingerprint density at radius 3 is 1.26 bits per heavy atom. The molecule has 3 heteroatoms. The number of amides is 1. The highest BCUT2D eigenvalue weighted by Gasteiger charge is 2.27. The predicted octanol–water partition coefficient (Wildman–Crippen LogP) is 10.7. The number of unbranched alkanes of at least 4 members (excludes halogenated alkanes) is 18. The zero-order valence-corrected chi connectivity index (χ0v) is 27.1. The molecule has 3 nitrogen and oxygen atoms in total. The number of hydrogen-bond donors (Lipinski definition) is 0. The predicted molar refractivity (Wildman–Crippen MR) is 181 cm³/mol. The number of carbonyl (C=O) groups excluding carboxylic acids is 1. The standard InChI is InChI=1S/C39H62N2O/c1-2-3-4-5-6-7-8-9-10-11-12-13-14-15-16-17-18-19-26-31-38(42)40-32-34-41(35-33-40)39(36-27-22-20-23-28-36)37-29-24-21-25-30-37/h20-25,27-30,39H,2-19,26,31-35H2,1H3. The largest absolute Gasteiger partial charge is 0.340 e. The van der Waals surface area contributed by atoms with E-state index in [2.05, 4.69) is 77.4 Å². The first kappa shape index (κ1) is 34.4. The van der Waals surface area contributed by atoms with Crippen LogP contribution in [0.1, 0.15) is 153 Å². The smallest absolute Gasteiger partial charge is 0.222 e. The van der Waals surface area contributed by atoms with Crippen LogP contribution in [0.2, 0.25) is 0 Å². The van der Waals surface area contributed by atoms with E-state index in [4.69, 9.17) is 0 Å². The number of carbonyl (C=O) groups is 1. The van der Waals surface area contributed by atoms with Gasteiger partial charge < -0.3 is 4.90 Å². The molecule has 2 aromatic rings. The van der Waals surface area contributed by atoms with Gasteiger partial charge in [0.05, 0.1) is 6.04 Å². The second-order valence-electron chi connectivity index (χ2n) is 12.8. The summed E-state index contributed by atoms with van der Waals surface area (Å²) in [5.41, 5.74) is 2.66. The molecule has 0 spiro atoms. The minimum atomic E-state index is 0.254. The van der Waals surface area contributed by atoms with Gasteiger partial charge in [0.25, 0.3) is 0 Å². The third kappa shape index (κ3) is 13.9. The van der Waals surface area contributed by atoms with Gasteiger partial charge in [-0.1, -0.05) is 183 Å². The normalized spacial score (nSPS) is 14.1. The third-order valence-electron chi connectivity index (χ3n) is 9.26. The molecule has 0 aromatic heterocycles. The zero-order valence-electron chi connectivity index (χ0n) is 27.1. The lowest BCUT2D eigenvalue weighted by Crippen LogP contribution is -2.49. The Morgan fingerprint density at radius 1 is 0.524 bits per heavy atom. The Balaban J connectivity index is 1.15. The van der Waals surface area contributed by atoms with Crippen LogP contribution < -0.4 is 0 Å². The molecule has 0 radical (unpaired) electrons. The molecule has 0 bridgehead atoms. The Kier molecular flexibility index (Phi) is 18.3. The summed E-state index contributed by atoms with van der Waals surface area (Å²) in [6.07, 6.45) is 27.0. The summed E-state index contributed by atoms with van der Waals surface area (Å²) < 4.78 is 0. The molecular weight excluding hydrogens is 512 g/mol. The van der Waals surface area contributed by atoms with Crippen LogP contribution in [0.15, 0.2) is 60.7 Å². The van der Waals surface area contributed by atoms with E-state index in [1.165, 1.54) is 127 Å². The second kappa shape index (κ2) is 22.4. The molecule has 1 amide bonds. The van der Waals surface area contributed by atoms with Gasteiger partial charge in [-0.15, -0.1) is 0 Å². The van der Waals surface area contributed by atoms with E-state index < -0.39 is 0 Å². The third-order valence-corrected chi connectivity index (χ3v) is 9.26. The number of piperazine rings is 1. The maximum Gasteiger partial charge on any atom is 0.222 e. The lowest BCUT2D eigenvalue weighted by molar-refractivity contribution is -0.133. The minimum absolute atomic E-state index is 0.254. The van der Waals surface area contributed by atoms with E-state index in [1.807, 2.05) is 0 Å². The molecular formula is C39H62N2O. The van der Waals surface area contributed by atoms with Crippen molar-refractivity contribution < 1.29 is 4.79 Å². The van der Waals surface area contributed by atoms with Crippen LogP contribution in [0.25, 0.3) is 0 Å². The molecule has 0 unspecified atom stereocenters. The molecule has 234 valence electrons. The quantitative estimate of drug-likeness (QED) is 0.123. The van der Waals surface area contributed by atoms with Crippen molar-refractivity contribution in [2.45, 2.75) is 141 Å². The maximum absolute atomic E-state index is 12.9. The summed E-state index contributed by atoms with van der Waals surface area (Å²) in [6.45, 7) is 5.84. The van der Waals surface area contributed by atoms with Crippen molar-refractivity contribution >= 4 is 5.91 Å². The molecule has 42 heavy (non-hydrogen) atoms. The Hall–Kier alpha value is -2.13. The summed E-state index contributed by atoms with van der Waals surface area (Å²) in [4.78, 5) is 17.6. The van der Waals surface area contributed by atoms with E-state index in [1.54, 1.807) is 0 Å². The fraction of sp³-hybridized carbons (Fsp3) is 0.667. The SMILES string of the molecule is CCCCCCCCCCCCCCCCCCCCCC(=O)N1CCN(C(c2ccccc2)c2ccccc2)CC1. The lowest BCUT2D eigenvalue weighted by Gasteiger charge is -2.40. The summed E-state index contributed by atoms with van der Waals surface area (Å²) in [5, 5.41) is 0. The fourth-order valence-corrected chi connectivity index (χ4v) is 6.63. The molecule has 1 aliphatic heterocycles. The molecule has 1 saturated heterocycles. The Morgan fingerprint density at radius 2 is 0.881 bits per heavy atom. The molecule has 0 N–H and O–H groups in total. The number of nitrogens with zero attached hydrogens (tertiary/aromatic N) is 2. The van der Waals surface area contributed by atoms with E-state index in [9.17, 15) is 4.79 Å². The van der Waals surface area contributed by atoms with E-state index in [0.29, 0.717) is 5.91 Å². The van der Waals surface area contributed by atoms with Crippen molar-refractivity contribution in [3.63, 3.8) is 0 Å². The van der Waals surface area contributed by atoms with Crippen LogP contribution in [-0.2, 0) is 4.79 Å². The van der Waals surface area contributed by atoms with E-state index in [-0.39, 0.29) is 6.04 Å². The van der Waals surface area contributed by atoms with Gasteiger partial charge in [-0.3, -0.25) is 9.69 Å². The molecule has 3 rings (SSSR count). The van der Waals surface area contributed by atoms with Crippen molar-refractivity contribution in [2.75, 3.05) is 26.2 Å². The number of rotatable bonds is 23. The van der Waals surface area contributed by atoms with Crippen LogP contribution in [0.5, 0.6) is 0 Å². The van der Waals surface area contributed by atoms with Crippen LogP contribution in [0, 0.1) is 0 Å². The average molecular weight is 575 g/mol. The number of hydrogen-bond acceptors (Lipinski definition) is 2. The fourth-order valence-electron chi connectivity index (χ4n) is 6.63. The molecule has 1 heterocycles. The molecule has 0 saturated carbocycles. The monoisotopic (exact) mass is 574 g/mol. The zero-order chi connectivity index (χ0) is 29.5. The molecule has 1 aliphatic rings. The minimum Gasteiger partial charge on any atom is -0.340 e. The van der Waals surface area contributed by atoms with E-state index >= 15 is 0 Å². The lowest BCUT2D eigenvalue weighted by atomic mass is 9.96. The highest BCUT2D eigenvalue weighted by Crippen LogP contribution is 2.29. The van der Waals surface area contributed by atoms with Gasteiger partial charge in [-0.05, 0) is 17.5 Å². The summed E-state index contributed by atoms with van der Waals surface area (Å²) in [7, 11) is 0. The molecule has 0 atom stereocenters. The van der Waals surface area contributed by atoms with Crippen molar-refractivity contribution in [3.8, 4) is 0 Å². The highest BCUT2D eigenvalue weighted by molar-refractivity contribution is 5.76. The van der Waals surface area contributed by atoms with Gasteiger partial charge in [0.1, 0.15) is 0 Å². The van der Waals surface area contributed by atoms with Gasteiger partial charge >= 0.3 is 0 Å². The molecule has 2 aromatic carbocycles. The summed E-state index contributed by atoms with van der Waals surface area (Å²) >= 11 is 0. The summed E-state index contributed by atoms with van der Waals surface area (Å²) in [6, 6.07) is 21.9. The van der Waals surface area contributed by atoms with Gasteiger partial charge in [0.15, 0.2) is 0 Å². The van der Waals surface area contributed by atoms with Gasteiger partial charge in [-0.25, -0.2) is 0 Å². The maximum atomic E-state index is 12.9. The molecule has 0 aliphatic carbocycles. The highest BCUT2D eigenvalue weighted by atomic mass is 16.2. The topological polar surface area (TPSA) is 23.6 Å². The van der Waals surface area contributed by atoms with Crippen molar-refractivity contribution in [3.05, 3.63) is 71.8 Å². The van der Waals surface area contributed by atoms with Gasteiger partial charge in [-0.2, -0.15) is 0 Å². The first-order valence-electron chi connectivity index (χ1n) is 17.9. The number of benzene rings is 2.